The zero-order valence-electron chi connectivity index (χ0n) is 15.5. The average Bonchev–Trinajstić information content (AvgIpc) is 3.05. The highest BCUT2D eigenvalue weighted by Gasteiger charge is 2.68. The maximum atomic E-state index is 13.3. The van der Waals surface area contributed by atoms with Crippen LogP contribution in [0, 0.1) is 11.3 Å². The van der Waals surface area contributed by atoms with Gasteiger partial charge in [-0.25, -0.2) is 0 Å². The van der Waals surface area contributed by atoms with Crippen LogP contribution in [0.2, 0.25) is 0 Å². The van der Waals surface area contributed by atoms with E-state index in [4.69, 9.17) is 0 Å². The zero-order valence-corrected chi connectivity index (χ0v) is 15.5. The molecule has 3 heterocycles. The molecule has 1 saturated carbocycles. The van der Waals surface area contributed by atoms with Gasteiger partial charge in [0.1, 0.15) is 5.69 Å². The number of carbonyl (C=O) groups excluding carboxylic acids is 3. The summed E-state index contributed by atoms with van der Waals surface area (Å²) < 4.78 is 0. The van der Waals surface area contributed by atoms with E-state index >= 15 is 0 Å². The van der Waals surface area contributed by atoms with Crippen molar-refractivity contribution in [2.45, 2.75) is 19.8 Å². The van der Waals surface area contributed by atoms with Gasteiger partial charge in [-0.2, -0.15) is 0 Å². The molecule has 1 aromatic carbocycles. The van der Waals surface area contributed by atoms with Gasteiger partial charge in [0, 0.05) is 42.3 Å². The van der Waals surface area contributed by atoms with Crippen LogP contribution in [0.3, 0.4) is 0 Å². The molecule has 1 aromatic heterocycles. The lowest BCUT2D eigenvalue weighted by molar-refractivity contribution is -0.118. The van der Waals surface area contributed by atoms with Crippen LogP contribution in [0.25, 0.3) is 10.9 Å². The summed E-state index contributed by atoms with van der Waals surface area (Å²) in [5.74, 6) is 0.322. The van der Waals surface area contributed by atoms with Crippen molar-refractivity contribution >= 4 is 34.2 Å². The standard InChI is InChI=1S/C22H19N3O3/c1-12(26)24-8-7-14-15-9-17(23-16(15)5-6-18(14)24)21(28)25-11-13-10-22(13)19(25)3-2-4-20(22)27/h2-6,9,13,23H,7-8,10-11H2,1H3. The summed E-state index contributed by atoms with van der Waals surface area (Å²) in [4.78, 5) is 44.3. The molecule has 6 heteroatoms. The Morgan fingerprint density at radius 2 is 2.11 bits per heavy atom. The van der Waals surface area contributed by atoms with E-state index < -0.39 is 5.41 Å². The molecular formula is C22H19N3O3. The fourth-order valence-electron chi connectivity index (χ4n) is 5.36. The molecular weight excluding hydrogens is 354 g/mol. The first-order valence-electron chi connectivity index (χ1n) is 9.68. The Kier molecular flexibility index (Phi) is 2.84. The number of anilines is 1. The molecule has 0 radical (unpaired) electrons. The monoisotopic (exact) mass is 373 g/mol. The lowest BCUT2D eigenvalue weighted by Gasteiger charge is -2.24. The van der Waals surface area contributed by atoms with Gasteiger partial charge < -0.3 is 14.8 Å². The summed E-state index contributed by atoms with van der Waals surface area (Å²) in [6, 6.07) is 5.78. The lowest BCUT2D eigenvalue weighted by atomic mass is 9.91. The van der Waals surface area contributed by atoms with E-state index in [1.807, 2.05) is 24.3 Å². The Morgan fingerprint density at radius 3 is 2.93 bits per heavy atom. The van der Waals surface area contributed by atoms with Crippen LogP contribution in [0.4, 0.5) is 5.69 Å². The van der Waals surface area contributed by atoms with E-state index in [9.17, 15) is 14.4 Å². The van der Waals surface area contributed by atoms with Crippen molar-refractivity contribution in [1.82, 2.24) is 9.88 Å². The Bertz CT molecular complexity index is 1170. The first-order chi connectivity index (χ1) is 13.5. The van der Waals surface area contributed by atoms with Crippen molar-refractivity contribution in [2.75, 3.05) is 18.0 Å². The van der Waals surface area contributed by atoms with Crippen LogP contribution in [-0.4, -0.2) is 40.6 Å². The fourth-order valence-corrected chi connectivity index (χ4v) is 5.36. The fraction of sp³-hybridized carbons (Fsp3) is 0.318. The van der Waals surface area contributed by atoms with Gasteiger partial charge in [-0.15, -0.1) is 0 Å². The number of nitrogens with one attached hydrogen (secondary N) is 1. The number of allylic oxidation sites excluding steroid dienone is 4. The molecule has 1 N–H and O–H groups in total. The maximum Gasteiger partial charge on any atom is 0.274 e. The van der Waals surface area contributed by atoms with Crippen LogP contribution in [0.1, 0.15) is 29.4 Å². The second-order valence-corrected chi connectivity index (χ2v) is 8.19. The van der Waals surface area contributed by atoms with E-state index in [0.717, 1.165) is 40.7 Å². The summed E-state index contributed by atoms with van der Waals surface area (Å²) >= 11 is 0. The number of aromatic amines is 1. The second kappa shape index (κ2) is 5.01. The van der Waals surface area contributed by atoms with Gasteiger partial charge in [-0.05, 0) is 54.7 Å². The van der Waals surface area contributed by atoms with Crippen molar-refractivity contribution in [1.29, 1.82) is 0 Å². The van der Waals surface area contributed by atoms with Gasteiger partial charge in [0.2, 0.25) is 5.91 Å². The first-order valence-corrected chi connectivity index (χ1v) is 9.68. The number of benzene rings is 1. The number of hydrogen-bond acceptors (Lipinski definition) is 3. The Balaban J connectivity index is 1.39. The van der Waals surface area contributed by atoms with E-state index in [0.29, 0.717) is 18.8 Å². The number of hydrogen-bond donors (Lipinski definition) is 1. The number of fused-ring (bicyclic) bond motifs is 3. The zero-order chi connectivity index (χ0) is 19.2. The molecule has 2 aliphatic carbocycles. The number of rotatable bonds is 1. The molecule has 2 unspecified atom stereocenters. The van der Waals surface area contributed by atoms with Gasteiger partial charge in [0.15, 0.2) is 5.78 Å². The smallest absolute Gasteiger partial charge is 0.274 e. The molecule has 2 atom stereocenters. The predicted molar refractivity (Wildman–Crippen MR) is 104 cm³/mol. The minimum atomic E-state index is -0.445. The molecule has 0 bridgehead atoms. The van der Waals surface area contributed by atoms with Crippen molar-refractivity contribution in [3.8, 4) is 0 Å². The van der Waals surface area contributed by atoms with E-state index in [1.165, 1.54) is 0 Å². The second-order valence-electron chi connectivity index (χ2n) is 8.19. The van der Waals surface area contributed by atoms with E-state index in [2.05, 4.69) is 4.98 Å². The van der Waals surface area contributed by atoms with E-state index in [1.54, 1.807) is 28.9 Å². The third kappa shape index (κ3) is 1.80. The SMILES string of the molecule is CC(=O)N1CCc2c1ccc1[nH]c(C(=O)N3CC4CC45C(=O)C=CC=C35)cc21. The van der Waals surface area contributed by atoms with Gasteiger partial charge >= 0.3 is 0 Å². The Labute approximate surface area is 161 Å². The number of H-pyrrole nitrogens is 1. The predicted octanol–water partition coefficient (Wildman–Crippen LogP) is 2.56. The molecule has 2 aliphatic heterocycles. The minimum absolute atomic E-state index is 0.0356. The number of amides is 2. The van der Waals surface area contributed by atoms with Crippen LogP contribution >= 0.6 is 0 Å². The number of ketones is 1. The highest BCUT2D eigenvalue weighted by molar-refractivity contribution is 6.07. The summed E-state index contributed by atoms with van der Waals surface area (Å²) in [5.41, 5.74) is 3.88. The third-order valence-electron chi connectivity index (χ3n) is 6.82. The highest BCUT2D eigenvalue weighted by Crippen LogP contribution is 2.65. The number of nitrogens with zero attached hydrogens (tertiary/aromatic N) is 2. The molecule has 6 nitrogen and oxygen atoms in total. The molecule has 4 aliphatic rings. The van der Waals surface area contributed by atoms with Crippen molar-refractivity contribution in [3.63, 3.8) is 0 Å². The largest absolute Gasteiger partial charge is 0.351 e. The summed E-state index contributed by atoms with van der Waals surface area (Å²) in [7, 11) is 0. The Hall–Kier alpha value is -3.15. The number of carbonyl (C=O) groups is 3. The normalized spacial score (nSPS) is 27.0. The number of aromatic nitrogens is 1. The van der Waals surface area contributed by atoms with Crippen LogP contribution in [0.5, 0.6) is 0 Å². The molecule has 1 spiro atoms. The van der Waals surface area contributed by atoms with Gasteiger partial charge in [0.05, 0.1) is 5.41 Å². The average molecular weight is 373 g/mol. The molecule has 28 heavy (non-hydrogen) atoms. The maximum absolute atomic E-state index is 13.3. The molecule has 140 valence electrons. The summed E-state index contributed by atoms with van der Waals surface area (Å²) in [5, 5.41) is 0.997. The number of likely N-dealkylation sites (tertiary alicyclic amines) is 1. The third-order valence-corrected chi connectivity index (χ3v) is 6.82. The molecule has 2 aromatic rings. The topological polar surface area (TPSA) is 73.5 Å². The minimum Gasteiger partial charge on any atom is -0.351 e. The molecule has 2 fully saturated rings. The van der Waals surface area contributed by atoms with E-state index in [-0.39, 0.29) is 23.5 Å². The first kappa shape index (κ1) is 15.9. The quantitative estimate of drug-likeness (QED) is 0.835. The van der Waals surface area contributed by atoms with Crippen LogP contribution in [-0.2, 0) is 16.0 Å². The summed E-state index contributed by atoms with van der Waals surface area (Å²) in [6.07, 6.45) is 6.93. The van der Waals surface area contributed by atoms with Crippen molar-refractivity contribution < 1.29 is 14.4 Å². The summed E-state index contributed by atoms with van der Waals surface area (Å²) in [6.45, 7) is 2.85. The Morgan fingerprint density at radius 1 is 1.25 bits per heavy atom. The highest BCUT2D eigenvalue weighted by atomic mass is 16.2. The van der Waals surface area contributed by atoms with Gasteiger partial charge in [-0.1, -0.05) is 6.08 Å². The molecule has 2 amide bonds. The lowest BCUT2D eigenvalue weighted by Crippen LogP contribution is -2.32. The van der Waals surface area contributed by atoms with Crippen molar-refractivity contribution in [2.24, 2.45) is 11.3 Å². The van der Waals surface area contributed by atoms with Gasteiger partial charge in [-0.3, -0.25) is 14.4 Å². The van der Waals surface area contributed by atoms with Gasteiger partial charge in [0.25, 0.3) is 5.91 Å². The van der Waals surface area contributed by atoms with Crippen molar-refractivity contribution in [3.05, 3.63) is 53.4 Å². The molecule has 1 saturated heterocycles. The van der Waals surface area contributed by atoms with Crippen LogP contribution in [0.15, 0.2) is 42.1 Å². The van der Waals surface area contributed by atoms with Crippen LogP contribution < -0.4 is 4.90 Å². The number of piperidine rings is 1. The molecule has 6 rings (SSSR count).